The Morgan fingerprint density at radius 2 is 2.09 bits per heavy atom. The van der Waals surface area contributed by atoms with Gasteiger partial charge < -0.3 is 19.7 Å². The lowest BCUT2D eigenvalue weighted by atomic mass is 9.98. The quantitative estimate of drug-likeness (QED) is 0.798. The third kappa shape index (κ3) is 3.00. The van der Waals surface area contributed by atoms with Crippen LogP contribution < -0.4 is 10.1 Å². The fourth-order valence-corrected chi connectivity index (χ4v) is 2.62. The minimum Gasteiger partial charge on any atom is -0.482 e. The molecule has 2 aliphatic heterocycles. The van der Waals surface area contributed by atoms with E-state index in [9.17, 15) is 9.59 Å². The molecule has 1 N–H and O–H groups in total. The molecule has 0 spiro atoms. The van der Waals surface area contributed by atoms with E-state index in [1.54, 1.807) is 4.90 Å². The van der Waals surface area contributed by atoms with E-state index in [1.807, 2.05) is 32.9 Å². The molecule has 0 aliphatic carbocycles. The van der Waals surface area contributed by atoms with Crippen molar-refractivity contribution >= 4 is 17.7 Å². The van der Waals surface area contributed by atoms with Crippen LogP contribution in [0, 0.1) is 0 Å². The normalized spacial score (nSPS) is 17.0. The zero-order chi connectivity index (χ0) is 15.9. The standard InChI is InChI=1S/C16H20N2O4/c1-16(2,3)22-15(20)18-5-4-10-6-12-13(7-11(10)8-18)21-9-14(19)17-12/h6-7H,4-5,8-9H2,1-3H3,(H,17,19). The first-order valence-corrected chi connectivity index (χ1v) is 7.38. The summed E-state index contributed by atoms with van der Waals surface area (Å²) in [6, 6.07) is 3.84. The van der Waals surface area contributed by atoms with E-state index in [2.05, 4.69) is 5.32 Å². The van der Waals surface area contributed by atoms with E-state index >= 15 is 0 Å². The number of hydrogen-bond acceptors (Lipinski definition) is 4. The fraction of sp³-hybridized carbons (Fsp3) is 0.500. The molecule has 0 saturated heterocycles. The highest BCUT2D eigenvalue weighted by molar-refractivity contribution is 5.95. The van der Waals surface area contributed by atoms with E-state index in [1.165, 1.54) is 0 Å². The van der Waals surface area contributed by atoms with Crippen LogP contribution in [0.25, 0.3) is 0 Å². The van der Waals surface area contributed by atoms with Crippen LogP contribution in [0.4, 0.5) is 10.5 Å². The van der Waals surface area contributed by atoms with Crippen LogP contribution in [0.5, 0.6) is 5.75 Å². The van der Waals surface area contributed by atoms with Gasteiger partial charge in [-0.05, 0) is 50.5 Å². The first-order valence-electron chi connectivity index (χ1n) is 7.38. The summed E-state index contributed by atoms with van der Waals surface area (Å²) in [6.45, 7) is 6.70. The van der Waals surface area contributed by atoms with Gasteiger partial charge >= 0.3 is 6.09 Å². The Balaban J connectivity index is 1.79. The van der Waals surface area contributed by atoms with Gasteiger partial charge in [-0.25, -0.2) is 4.79 Å². The maximum Gasteiger partial charge on any atom is 0.410 e. The average molecular weight is 304 g/mol. The third-order valence-corrected chi connectivity index (χ3v) is 3.60. The second-order valence-electron chi connectivity index (χ2n) is 6.61. The van der Waals surface area contributed by atoms with Crippen LogP contribution >= 0.6 is 0 Å². The molecule has 0 fully saturated rings. The molecule has 1 aromatic rings. The molecular formula is C16H20N2O4. The molecule has 1 aromatic carbocycles. The predicted molar refractivity (Wildman–Crippen MR) is 80.9 cm³/mol. The van der Waals surface area contributed by atoms with E-state index in [0.29, 0.717) is 24.5 Å². The van der Waals surface area contributed by atoms with E-state index in [-0.39, 0.29) is 18.6 Å². The van der Waals surface area contributed by atoms with Gasteiger partial charge in [-0.15, -0.1) is 0 Å². The van der Waals surface area contributed by atoms with Crippen molar-refractivity contribution in [2.45, 2.75) is 39.3 Å². The smallest absolute Gasteiger partial charge is 0.410 e. The molecular weight excluding hydrogens is 284 g/mol. The van der Waals surface area contributed by atoms with Crippen LogP contribution in [0.1, 0.15) is 31.9 Å². The SMILES string of the molecule is CC(C)(C)OC(=O)N1CCc2cc3c(cc2C1)OCC(=O)N3. The fourth-order valence-electron chi connectivity index (χ4n) is 2.62. The van der Waals surface area contributed by atoms with Crippen molar-refractivity contribution in [1.29, 1.82) is 0 Å². The molecule has 0 atom stereocenters. The van der Waals surface area contributed by atoms with Gasteiger partial charge in [0.2, 0.25) is 0 Å². The first kappa shape index (κ1) is 14.7. The Hall–Kier alpha value is -2.24. The topological polar surface area (TPSA) is 67.9 Å². The van der Waals surface area contributed by atoms with E-state index in [4.69, 9.17) is 9.47 Å². The zero-order valence-corrected chi connectivity index (χ0v) is 13.1. The van der Waals surface area contributed by atoms with Gasteiger partial charge in [0, 0.05) is 13.1 Å². The summed E-state index contributed by atoms with van der Waals surface area (Å²) in [5, 5.41) is 2.81. The molecule has 2 amide bonds. The Kier molecular flexibility index (Phi) is 3.47. The van der Waals surface area contributed by atoms with Gasteiger partial charge in [0.15, 0.2) is 6.61 Å². The summed E-state index contributed by atoms with van der Waals surface area (Å²) in [5.74, 6) is 0.517. The molecule has 2 heterocycles. The van der Waals surface area contributed by atoms with Crippen molar-refractivity contribution in [3.8, 4) is 5.75 Å². The Labute approximate surface area is 129 Å². The second-order valence-corrected chi connectivity index (χ2v) is 6.61. The molecule has 118 valence electrons. The average Bonchev–Trinajstić information content (AvgIpc) is 2.42. The van der Waals surface area contributed by atoms with Gasteiger partial charge in [0.1, 0.15) is 11.4 Å². The number of carbonyl (C=O) groups excluding carboxylic acids is 2. The number of amides is 2. The number of benzene rings is 1. The summed E-state index contributed by atoms with van der Waals surface area (Å²) < 4.78 is 10.8. The number of ether oxygens (including phenoxy) is 2. The summed E-state index contributed by atoms with van der Waals surface area (Å²) in [6.07, 6.45) is 0.433. The Morgan fingerprint density at radius 3 is 2.82 bits per heavy atom. The molecule has 22 heavy (non-hydrogen) atoms. The highest BCUT2D eigenvalue weighted by Crippen LogP contribution is 2.33. The van der Waals surface area contributed by atoms with Crippen molar-refractivity contribution in [2.75, 3.05) is 18.5 Å². The van der Waals surface area contributed by atoms with Crippen LogP contribution in [-0.2, 0) is 22.5 Å². The number of nitrogens with zero attached hydrogens (tertiary/aromatic N) is 1. The third-order valence-electron chi connectivity index (χ3n) is 3.60. The van der Waals surface area contributed by atoms with Gasteiger partial charge in [0.05, 0.1) is 5.69 Å². The predicted octanol–water partition coefficient (Wildman–Crippen LogP) is 2.31. The Bertz CT molecular complexity index is 634. The minimum atomic E-state index is -0.499. The maximum absolute atomic E-state index is 12.2. The maximum atomic E-state index is 12.2. The van der Waals surface area contributed by atoms with Gasteiger partial charge in [-0.2, -0.15) is 0 Å². The largest absolute Gasteiger partial charge is 0.482 e. The number of fused-ring (bicyclic) bond motifs is 2. The summed E-state index contributed by atoms with van der Waals surface area (Å²) in [4.78, 5) is 25.2. The lowest BCUT2D eigenvalue weighted by Crippen LogP contribution is -2.40. The van der Waals surface area contributed by atoms with Gasteiger partial charge in [0.25, 0.3) is 5.91 Å². The molecule has 0 bridgehead atoms. The first-order chi connectivity index (χ1) is 10.3. The second kappa shape index (κ2) is 5.19. The summed E-state index contributed by atoms with van der Waals surface area (Å²) in [5.41, 5.74) is 2.37. The molecule has 0 saturated carbocycles. The van der Waals surface area contributed by atoms with E-state index in [0.717, 1.165) is 17.5 Å². The highest BCUT2D eigenvalue weighted by Gasteiger charge is 2.27. The van der Waals surface area contributed by atoms with E-state index < -0.39 is 5.60 Å². The zero-order valence-electron chi connectivity index (χ0n) is 13.1. The van der Waals surface area contributed by atoms with Gasteiger partial charge in [-0.1, -0.05) is 0 Å². The van der Waals surface area contributed by atoms with Crippen LogP contribution in [0.2, 0.25) is 0 Å². The van der Waals surface area contributed by atoms with Gasteiger partial charge in [-0.3, -0.25) is 4.79 Å². The molecule has 3 rings (SSSR count). The molecule has 2 aliphatic rings. The highest BCUT2D eigenvalue weighted by atomic mass is 16.6. The monoisotopic (exact) mass is 304 g/mol. The van der Waals surface area contributed by atoms with Crippen molar-refractivity contribution in [3.05, 3.63) is 23.3 Å². The lowest BCUT2D eigenvalue weighted by Gasteiger charge is -2.32. The number of carbonyl (C=O) groups is 2. The van der Waals surface area contributed by atoms with Crippen molar-refractivity contribution < 1.29 is 19.1 Å². The van der Waals surface area contributed by atoms with Crippen LogP contribution in [0.3, 0.4) is 0 Å². The number of rotatable bonds is 0. The molecule has 6 nitrogen and oxygen atoms in total. The lowest BCUT2D eigenvalue weighted by molar-refractivity contribution is -0.118. The molecule has 0 unspecified atom stereocenters. The van der Waals surface area contributed by atoms with Crippen molar-refractivity contribution in [3.63, 3.8) is 0 Å². The Morgan fingerprint density at radius 1 is 1.32 bits per heavy atom. The molecule has 6 heteroatoms. The number of hydrogen-bond donors (Lipinski definition) is 1. The minimum absolute atomic E-state index is 0.0293. The van der Waals surface area contributed by atoms with Crippen molar-refractivity contribution in [2.24, 2.45) is 0 Å². The number of nitrogens with one attached hydrogen (secondary N) is 1. The molecule has 0 radical (unpaired) electrons. The van der Waals surface area contributed by atoms with Crippen LogP contribution in [-0.4, -0.2) is 35.7 Å². The summed E-state index contributed by atoms with van der Waals surface area (Å²) in [7, 11) is 0. The molecule has 0 aromatic heterocycles. The summed E-state index contributed by atoms with van der Waals surface area (Å²) >= 11 is 0. The number of anilines is 1. The van der Waals surface area contributed by atoms with Crippen molar-refractivity contribution in [1.82, 2.24) is 4.90 Å². The van der Waals surface area contributed by atoms with Crippen LogP contribution in [0.15, 0.2) is 12.1 Å².